The van der Waals surface area contributed by atoms with E-state index in [1.54, 1.807) is 17.4 Å². The summed E-state index contributed by atoms with van der Waals surface area (Å²) in [5.41, 5.74) is 2.74. The Hall–Kier alpha value is -1.15. The minimum atomic E-state index is -0.133. The molecule has 16 heavy (non-hydrogen) atoms. The van der Waals surface area contributed by atoms with Gasteiger partial charge in [0.25, 0.3) is 0 Å². The lowest BCUT2D eigenvalue weighted by atomic mass is 9.82. The van der Waals surface area contributed by atoms with Crippen molar-refractivity contribution in [2.75, 3.05) is 0 Å². The lowest BCUT2D eigenvalue weighted by Gasteiger charge is -2.23. The molecule has 0 nitrogen and oxygen atoms in total. The van der Waals surface area contributed by atoms with Crippen molar-refractivity contribution in [2.45, 2.75) is 26.2 Å². The van der Waals surface area contributed by atoms with Crippen LogP contribution in [0.2, 0.25) is 0 Å². The number of halogens is 1. The Morgan fingerprint density at radius 2 is 1.88 bits per heavy atom. The van der Waals surface area contributed by atoms with Gasteiger partial charge in [0.1, 0.15) is 5.82 Å². The molecule has 0 unspecified atom stereocenters. The van der Waals surface area contributed by atoms with Gasteiger partial charge >= 0.3 is 0 Å². The highest BCUT2D eigenvalue weighted by molar-refractivity contribution is 7.08. The third kappa shape index (κ3) is 2.03. The van der Waals surface area contributed by atoms with Crippen LogP contribution in [0.4, 0.5) is 4.39 Å². The molecule has 2 rings (SSSR count). The molecule has 1 aromatic heterocycles. The van der Waals surface area contributed by atoms with E-state index >= 15 is 0 Å². The fourth-order valence-electron chi connectivity index (χ4n) is 1.85. The van der Waals surface area contributed by atoms with Crippen molar-refractivity contribution in [3.05, 3.63) is 46.4 Å². The molecule has 1 aromatic carbocycles. The van der Waals surface area contributed by atoms with Crippen LogP contribution in [0, 0.1) is 5.82 Å². The zero-order valence-corrected chi connectivity index (χ0v) is 10.6. The largest absolute Gasteiger partial charge is 0.206 e. The highest BCUT2D eigenvalue weighted by Gasteiger charge is 2.21. The second kappa shape index (κ2) is 4.02. The molecule has 2 aromatic rings. The maximum Gasteiger partial charge on any atom is 0.131 e. The fourth-order valence-corrected chi connectivity index (χ4v) is 2.50. The van der Waals surface area contributed by atoms with Gasteiger partial charge in [-0.3, -0.25) is 0 Å². The minimum Gasteiger partial charge on any atom is -0.206 e. The molecular weight excluding hydrogens is 219 g/mol. The van der Waals surface area contributed by atoms with E-state index in [0.717, 1.165) is 16.7 Å². The summed E-state index contributed by atoms with van der Waals surface area (Å²) in [4.78, 5) is 0. The third-order valence-corrected chi connectivity index (χ3v) is 3.31. The average Bonchev–Trinajstić information content (AvgIpc) is 2.68. The summed E-state index contributed by atoms with van der Waals surface area (Å²) >= 11 is 1.60. The molecule has 1 heterocycles. The molecular formula is C14H15FS. The van der Waals surface area contributed by atoms with Gasteiger partial charge in [0.15, 0.2) is 0 Å². The van der Waals surface area contributed by atoms with E-state index in [2.05, 4.69) is 20.8 Å². The first-order valence-electron chi connectivity index (χ1n) is 5.32. The number of rotatable bonds is 1. The molecule has 84 valence electrons. The summed E-state index contributed by atoms with van der Waals surface area (Å²) in [5, 5.41) is 3.97. The predicted octanol–water partition coefficient (Wildman–Crippen LogP) is 4.85. The summed E-state index contributed by atoms with van der Waals surface area (Å²) in [6, 6.07) is 7.29. The Labute approximate surface area is 99.8 Å². The standard InChI is InChI=1S/C14H15FS/c1-14(2,3)11-5-4-6-12(15)13(11)10-7-8-16-9-10/h4-9H,1-3H3. The number of hydrogen-bond acceptors (Lipinski definition) is 1. The van der Waals surface area contributed by atoms with Crippen molar-refractivity contribution in [1.82, 2.24) is 0 Å². The third-order valence-electron chi connectivity index (χ3n) is 2.63. The van der Waals surface area contributed by atoms with E-state index < -0.39 is 0 Å². The van der Waals surface area contributed by atoms with Gasteiger partial charge in [0.2, 0.25) is 0 Å². The van der Waals surface area contributed by atoms with Gasteiger partial charge in [-0.25, -0.2) is 4.39 Å². The van der Waals surface area contributed by atoms with Gasteiger partial charge in [0.05, 0.1) is 0 Å². The van der Waals surface area contributed by atoms with Crippen LogP contribution in [0.5, 0.6) is 0 Å². The summed E-state index contributed by atoms with van der Waals surface area (Å²) in [6.45, 7) is 6.33. The molecule has 0 saturated heterocycles. The average molecular weight is 234 g/mol. The van der Waals surface area contributed by atoms with Crippen molar-refractivity contribution < 1.29 is 4.39 Å². The summed E-state index contributed by atoms with van der Waals surface area (Å²) in [6.07, 6.45) is 0. The highest BCUT2D eigenvalue weighted by Crippen LogP contribution is 2.35. The monoisotopic (exact) mass is 234 g/mol. The molecule has 0 atom stereocenters. The Balaban J connectivity index is 2.68. The van der Waals surface area contributed by atoms with Crippen LogP contribution in [0.15, 0.2) is 35.0 Å². The van der Waals surface area contributed by atoms with Crippen LogP contribution in [0.25, 0.3) is 11.1 Å². The zero-order chi connectivity index (χ0) is 11.8. The van der Waals surface area contributed by atoms with Gasteiger partial charge in [-0.05, 0) is 39.4 Å². The van der Waals surface area contributed by atoms with Crippen LogP contribution in [0.3, 0.4) is 0 Å². The van der Waals surface area contributed by atoms with Crippen molar-refractivity contribution in [3.8, 4) is 11.1 Å². The van der Waals surface area contributed by atoms with Gasteiger partial charge < -0.3 is 0 Å². The van der Waals surface area contributed by atoms with Gasteiger partial charge in [-0.2, -0.15) is 11.3 Å². The normalized spacial score (nSPS) is 11.8. The molecule has 2 heteroatoms. The topological polar surface area (TPSA) is 0 Å². The van der Waals surface area contributed by atoms with E-state index in [9.17, 15) is 4.39 Å². The van der Waals surface area contributed by atoms with Crippen molar-refractivity contribution in [3.63, 3.8) is 0 Å². The first kappa shape index (κ1) is 11.3. The zero-order valence-electron chi connectivity index (χ0n) is 9.75. The molecule has 0 aliphatic heterocycles. The van der Waals surface area contributed by atoms with Crippen LogP contribution in [-0.4, -0.2) is 0 Å². The SMILES string of the molecule is CC(C)(C)c1cccc(F)c1-c1ccsc1. The number of benzene rings is 1. The van der Waals surface area contributed by atoms with Crippen molar-refractivity contribution in [2.24, 2.45) is 0 Å². The molecule has 0 aliphatic carbocycles. The summed E-state index contributed by atoms with van der Waals surface area (Å²) < 4.78 is 13.9. The predicted molar refractivity (Wildman–Crippen MR) is 68.4 cm³/mol. The highest BCUT2D eigenvalue weighted by atomic mass is 32.1. The summed E-state index contributed by atoms with van der Waals surface area (Å²) in [5.74, 6) is -0.133. The molecule has 0 aliphatic rings. The Morgan fingerprint density at radius 3 is 2.44 bits per heavy atom. The number of hydrogen-bond donors (Lipinski definition) is 0. The first-order valence-corrected chi connectivity index (χ1v) is 6.26. The van der Waals surface area contributed by atoms with E-state index in [-0.39, 0.29) is 11.2 Å². The van der Waals surface area contributed by atoms with Crippen LogP contribution < -0.4 is 0 Å². The molecule has 0 spiro atoms. The Bertz CT molecular complexity index is 478. The molecule has 0 bridgehead atoms. The van der Waals surface area contributed by atoms with Gasteiger partial charge in [0, 0.05) is 5.56 Å². The molecule has 0 fully saturated rings. The Kier molecular flexibility index (Phi) is 2.85. The molecule has 0 N–H and O–H groups in total. The van der Waals surface area contributed by atoms with E-state index in [0.29, 0.717) is 0 Å². The number of thiophene rings is 1. The van der Waals surface area contributed by atoms with Crippen molar-refractivity contribution in [1.29, 1.82) is 0 Å². The second-order valence-corrected chi connectivity index (χ2v) is 5.70. The van der Waals surface area contributed by atoms with E-state index in [4.69, 9.17) is 0 Å². The fraction of sp³-hybridized carbons (Fsp3) is 0.286. The second-order valence-electron chi connectivity index (χ2n) is 4.92. The maximum atomic E-state index is 13.9. The minimum absolute atomic E-state index is 0.0423. The van der Waals surface area contributed by atoms with Gasteiger partial charge in [-0.15, -0.1) is 0 Å². The quantitative estimate of drug-likeness (QED) is 0.661. The maximum absolute atomic E-state index is 13.9. The van der Waals surface area contributed by atoms with E-state index in [1.165, 1.54) is 6.07 Å². The van der Waals surface area contributed by atoms with Crippen LogP contribution >= 0.6 is 11.3 Å². The van der Waals surface area contributed by atoms with Gasteiger partial charge in [-0.1, -0.05) is 32.9 Å². The van der Waals surface area contributed by atoms with Crippen LogP contribution in [0.1, 0.15) is 26.3 Å². The molecule has 0 amide bonds. The summed E-state index contributed by atoms with van der Waals surface area (Å²) in [7, 11) is 0. The Morgan fingerprint density at radius 1 is 1.12 bits per heavy atom. The molecule has 0 radical (unpaired) electrons. The van der Waals surface area contributed by atoms with E-state index in [1.807, 2.05) is 22.9 Å². The lowest BCUT2D eigenvalue weighted by molar-refractivity contribution is 0.576. The van der Waals surface area contributed by atoms with Crippen molar-refractivity contribution >= 4 is 11.3 Å². The smallest absolute Gasteiger partial charge is 0.131 e. The molecule has 0 saturated carbocycles. The lowest BCUT2D eigenvalue weighted by Crippen LogP contribution is -2.13. The van der Waals surface area contributed by atoms with Crippen LogP contribution in [-0.2, 0) is 5.41 Å². The first-order chi connectivity index (χ1) is 7.50.